The summed E-state index contributed by atoms with van der Waals surface area (Å²) in [5, 5.41) is 14.7. The molecule has 6 rings (SSSR count). The van der Waals surface area contributed by atoms with Crippen LogP contribution in [0.25, 0.3) is 43.4 Å². The first-order valence-corrected chi connectivity index (χ1v) is 27.0. The number of ether oxygens (including phenoxy) is 3. The molecule has 0 spiro atoms. The lowest BCUT2D eigenvalue weighted by Crippen LogP contribution is -2.40. The average molecular weight is 981 g/mol. The van der Waals surface area contributed by atoms with Crippen LogP contribution in [0.5, 0.6) is 0 Å². The third-order valence-electron chi connectivity index (χ3n) is 10.3. The predicted molar refractivity (Wildman–Crippen MR) is 253 cm³/mol. The van der Waals surface area contributed by atoms with E-state index in [1.807, 2.05) is 28.3 Å². The normalized spacial score (nSPS) is 16.3. The molecule has 1 saturated heterocycles. The topological polar surface area (TPSA) is 214 Å². The van der Waals surface area contributed by atoms with Gasteiger partial charge >= 0.3 is 18.2 Å². The molecule has 17 nitrogen and oxygen atoms in total. The first-order chi connectivity index (χ1) is 30.4. The number of esters is 1. The fraction of sp³-hybridized carbons (Fsp3) is 0.442. The van der Waals surface area contributed by atoms with Crippen molar-refractivity contribution in [2.75, 3.05) is 6.54 Å². The van der Waals surface area contributed by atoms with Crippen LogP contribution in [0, 0.1) is 0 Å². The van der Waals surface area contributed by atoms with Crippen LogP contribution in [-0.4, -0.2) is 92.5 Å². The lowest BCUT2D eigenvalue weighted by molar-refractivity contribution is -0.145. The van der Waals surface area contributed by atoms with Crippen molar-refractivity contribution in [3.05, 3.63) is 61.8 Å². The number of imide groups is 1. The Morgan fingerprint density at radius 1 is 0.892 bits per heavy atom. The van der Waals surface area contributed by atoms with Gasteiger partial charge in [-0.15, -0.1) is 45.3 Å². The summed E-state index contributed by atoms with van der Waals surface area (Å²) in [5.74, 6) is -1.60. The Morgan fingerprint density at radius 2 is 1.57 bits per heavy atom. The SMILES string of the molecule is C/C=C(\NC(=O)c1csc(-c2csc(-c3ccc(-c4nc(CO[Si](C)(C)C(C)(C)C)cs4)c(-c4csc([C@@H]5[C@@H](C)OC(=O)N5C(=O)OC(C)(C)C)n4)n3)n2)n1)C(=O)NC[C@@H](C)OC(C)=O. The van der Waals surface area contributed by atoms with Gasteiger partial charge in [0.1, 0.15) is 72.4 Å². The predicted octanol–water partition coefficient (Wildman–Crippen LogP) is 9.62. The number of nitrogens with zero attached hydrogens (tertiary/aromatic N) is 6. The van der Waals surface area contributed by atoms with Crippen LogP contribution in [0.2, 0.25) is 18.1 Å². The van der Waals surface area contributed by atoms with Crippen LogP contribution in [0.3, 0.4) is 0 Å². The first-order valence-electron chi connectivity index (χ1n) is 20.6. The number of nitrogens with one attached hydrogen (secondary N) is 2. The Morgan fingerprint density at radius 3 is 2.25 bits per heavy atom. The minimum absolute atomic E-state index is 0.0153. The summed E-state index contributed by atoms with van der Waals surface area (Å²) in [4.78, 5) is 88.8. The van der Waals surface area contributed by atoms with Crippen LogP contribution in [0.1, 0.15) is 96.5 Å². The molecule has 1 aliphatic heterocycles. The largest absolute Gasteiger partial charge is 0.461 e. The van der Waals surface area contributed by atoms with E-state index in [0.717, 1.165) is 10.6 Å². The summed E-state index contributed by atoms with van der Waals surface area (Å²) < 4.78 is 22.6. The number of hydrogen-bond acceptors (Lipinski definition) is 18. The van der Waals surface area contributed by atoms with Crippen molar-refractivity contribution < 1.29 is 42.6 Å². The van der Waals surface area contributed by atoms with Crippen molar-refractivity contribution in [3.8, 4) is 43.4 Å². The Bertz CT molecular complexity index is 2620. The van der Waals surface area contributed by atoms with Crippen LogP contribution in [0.4, 0.5) is 9.59 Å². The molecular formula is C43H52N8O9S4Si. The zero-order valence-electron chi connectivity index (χ0n) is 38.2. The van der Waals surface area contributed by atoms with Crippen LogP contribution in [-0.2, 0) is 34.8 Å². The number of thiazole rings is 4. The molecule has 346 valence electrons. The standard InChI is InChI=1S/C43H52N8O9S4Si/c1-13-27(34(53)44-16-22(2)58-24(4)52)47-35(54)30-20-62-38(49-30)31-21-63-37(50-31)28-15-14-26(36-45-25(18-61-36)17-57-65(11,12)43(8,9)10)32(46-28)29-19-64-39(48-29)33-23(3)59-40(55)51(33)41(56)60-42(5,6)7/h13-15,18-23,33H,16-17H2,1-12H3,(H,44,53)(H,47,54)/b27-13-/t22-,23-,33+/m1/s1. The molecule has 5 aromatic heterocycles. The van der Waals surface area contributed by atoms with Gasteiger partial charge in [-0.3, -0.25) is 14.4 Å². The molecule has 0 unspecified atom stereocenters. The highest BCUT2D eigenvalue weighted by Gasteiger charge is 2.47. The van der Waals surface area contributed by atoms with E-state index in [1.54, 1.807) is 46.9 Å². The fourth-order valence-electron chi connectivity index (χ4n) is 5.95. The minimum atomic E-state index is -2.05. The number of cyclic esters (lactones) is 1. The maximum absolute atomic E-state index is 13.3. The van der Waals surface area contributed by atoms with Gasteiger partial charge in [-0.25, -0.2) is 34.5 Å². The highest BCUT2D eigenvalue weighted by Crippen LogP contribution is 2.42. The molecule has 5 aromatic rings. The Hall–Kier alpha value is -5.26. The van der Waals surface area contributed by atoms with E-state index in [4.69, 9.17) is 38.6 Å². The fourth-order valence-corrected chi connectivity index (χ4v) is 10.3. The summed E-state index contributed by atoms with van der Waals surface area (Å²) in [7, 11) is -2.05. The van der Waals surface area contributed by atoms with Crippen molar-refractivity contribution in [1.82, 2.24) is 40.5 Å². The number of carbonyl (C=O) groups excluding carboxylic acids is 5. The number of pyridine rings is 1. The van der Waals surface area contributed by atoms with Gasteiger partial charge in [0.25, 0.3) is 11.8 Å². The Balaban J connectivity index is 1.28. The van der Waals surface area contributed by atoms with Gasteiger partial charge < -0.3 is 29.3 Å². The van der Waals surface area contributed by atoms with Gasteiger partial charge in [0, 0.05) is 34.0 Å². The molecule has 22 heteroatoms. The molecule has 3 atom stereocenters. The quantitative estimate of drug-likeness (QED) is 0.0459. The molecular weight excluding hydrogens is 929 g/mol. The highest BCUT2D eigenvalue weighted by atomic mass is 32.1. The molecule has 6 heterocycles. The second-order valence-corrected chi connectivity index (χ2v) is 25.9. The number of hydrogen-bond donors (Lipinski definition) is 2. The lowest BCUT2D eigenvalue weighted by Gasteiger charge is -2.35. The van der Waals surface area contributed by atoms with Crippen molar-refractivity contribution in [1.29, 1.82) is 0 Å². The molecule has 0 saturated carbocycles. The molecule has 0 bridgehead atoms. The molecule has 0 radical (unpaired) electrons. The monoisotopic (exact) mass is 980 g/mol. The van der Waals surface area contributed by atoms with E-state index in [2.05, 4.69) is 49.5 Å². The van der Waals surface area contributed by atoms with Crippen molar-refractivity contribution >= 4 is 83.6 Å². The van der Waals surface area contributed by atoms with Gasteiger partial charge in [0.2, 0.25) is 0 Å². The maximum Gasteiger partial charge on any atom is 0.420 e. The van der Waals surface area contributed by atoms with Crippen molar-refractivity contribution in [3.63, 3.8) is 0 Å². The smallest absolute Gasteiger partial charge is 0.420 e. The summed E-state index contributed by atoms with van der Waals surface area (Å²) in [6.45, 7) is 22.8. The van der Waals surface area contributed by atoms with Crippen LogP contribution in [0.15, 0.2) is 45.4 Å². The maximum atomic E-state index is 13.3. The van der Waals surface area contributed by atoms with Gasteiger partial charge in [-0.2, -0.15) is 4.90 Å². The van der Waals surface area contributed by atoms with Gasteiger partial charge in [-0.05, 0) is 71.8 Å². The molecule has 65 heavy (non-hydrogen) atoms. The van der Waals surface area contributed by atoms with Crippen LogP contribution >= 0.6 is 45.3 Å². The van der Waals surface area contributed by atoms with E-state index < -0.39 is 62.1 Å². The van der Waals surface area contributed by atoms with Gasteiger partial charge in [0.05, 0.1) is 24.5 Å². The number of aromatic nitrogens is 5. The summed E-state index contributed by atoms with van der Waals surface area (Å²) in [5.41, 5.74) is 2.83. The molecule has 0 aromatic carbocycles. The minimum Gasteiger partial charge on any atom is -0.461 e. The summed E-state index contributed by atoms with van der Waals surface area (Å²) in [6, 6.07) is 2.94. The lowest BCUT2D eigenvalue weighted by atomic mass is 10.1. The molecule has 2 N–H and O–H groups in total. The second kappa shape index (κ2) is 19.7. The third-order valence-corrected chi connectivity index (χ3v) is 18.3. The number of allylic oxidation sites excluding steroid dienone is 1. The number of rotatable bonds is 14. The van der Waals surface area contributed by atoms with E-state index in [0.29, 0.717) is 55.0 Å². The van der Waals surface area contributed by atoms with Gasteiger partial charge in [0.15, 0.2) is 8.32 Å². The zero-order valence-corrected chi connectivity index (χ0v) is 42.4. The Labute approximate surface area is 394 Å². The number of carbonyl (C=O) groups is 5. The molecule has 1 aliphatic rings. The first kappa shape index (κ1) is 49.2. The Kier molecular flexibility index (Phi) is 14.9. The van der Waals surface area contributed by atoms with E-state index in [9.17, 15) is 24.0 Å². The molecule has 4 amide bonds. The number of amides is 4. The van der Waals surface area contributed by atoms with Crippen molar-refractivity contribution in [2.45, 2.75) is 118 Å². The molecule has 1 fully saturated rings. The summed E-state index contributed by atoms with van der Waals surface area (Å²) in [6.07, 6.45) is -1.42. The highest BCUT2D eigenvalue weighted by molar-refractivity contribution is 7.15. The third kappa shape index (κ3) is 11.8. The van der Waals surface area contributed by atoms with Crippen molar-refractivity contribution in [2.24, 2.45) is 0 Å². The molecule has 0 aliphatic carbocycles. The zero-order chi connectivity index (χ0) is 47.6. The van der Waals surface area contributed by atoms with Gasteiger partial charge in [-0.1, -0.05) is 26.8 Å². The van der Waals surface area contributed by atoms with Crippen LogP contribution < -0.4 is 10.6 Å². The second-order valence-electron chi connectivity index (χ2n) is 17.6. The van der Waals surface area contributed by atoms with E-state index in [1.165, 1.54) is 58.3 Å². The average Bonchev–Trinajstić information content (AvgIpc) is 4.07. The van der Waals surface area contributed by atoms with E-state index in [-0.39, 0.29) is 23.0 Å². The van der Waals surface area contributed by atoms with E-state index >= 15 is 0 Å². The summed E-state index contributed by atoms with van der Waals surface area (Å²) >= 11 is 5.29.